The molecule has 0 spiro atoms. The number of carbonyl (C=O) groups is 1. The molecule has 1 aliphatic rings. The summed E-state index contributed by atoms with van der Waals surface area (Å²) in [5, 5.41) is 8.99. The molecule has 2 unspecified atom stereocenters. The second-order valence-corrected chi connectivity index (χ2v) is 7.49. The quantitative estimate of drug-likeness (QED) is 0.516. The van der Waals surface area contributed by atoms with Gasteiger partial charge in [-0.05, 0) is 42.3 Å². The van der Waals surface area contributed by atoms with E-state index in [9.17, 15) is 35.5 Å². The minimum atomic E-state index is -5.11. The second-order valence-electron chi connectivity index (χ2n) is 7.49. The van der Waals surface area contributed by atoms with Crippen LogP contribution in [0, 0.1) is 12.7 Å². The van der Waals surface area contributed by atoms with E-state index in [0.29, 0.717) is 0 Å². The van der Waals surface area contributed by atoms with Crippen molar-refractivity contribution in [3.8, 4) is 0 Å². The number of quaternary nitrogens is 1. The molecular formula is C20H17F7NO3+. The highest BCUT2D eigenvalue weighted by molar-refractivity contribution is 5.87. The predicted octanol–water partition coefficient (Wildman–Crippen LogP) is 5.15. The van der Waals surface area contributed by atoms with Crippen LogP contribution in [0.5, 0.6) is 0 Å². The number of rotatable bonds is 4. The monoisotopic (exact) mass is 452 g/mol. The summed E-state index contributed by atoms with van der Waals surface area (Å²) >= 11 is 0. The largest absolute Gasteiger partial charge is 0.478 e. The van der Waals surface area contributed by atoms with Crippen molar-refractivity contribution in [2.45, 2.75) is 24.9 Å². The third-order valence-corrected chi connectivity index (χ3v) is 5.31. The van der Waals surface area contributed by atoms with Gasteiger partial charge in [-0.3, -0.25) is 4.48 Å². The number of carboxylic acids is 1. The fourth-order valence-corrected chi connectivity index (χ4v) is 3.78. The van der Waals surface area contributed by atoms with E-state index in [-0.39, 0.29) is 16.8 Å². The van der Waals surface area contributed by atoms with Crippen LogP contribution in [0.1, 0.15) is 21.5 Å². The van der Waals surface area contributed by atoms with Gasteiger partial charge in [0.15, 0.2) is 13.3 Å². The number of halogens is 7. The summed E-state index contributed by atoms with van der Waals surface area (Å²) in [6.07, 6.45) is -9.96. The van der Waals surface area contributed by atoms with Crippen LogP contribution in [-0.2, 0) is 10.3 Å². The standard InChI is InChI=1S/C20H16F7NO3/c1-12-8-14(4-7-16(12)21)18(20(25,26)27)9-28(11-31-18,10-19(22,23)24)15-5-2-13(3-6-15)17(29)30/h2-8H,9-11H2,1H3/p+1. The smallest absolute Gasteiger partial charge is 0.438 e. The normalized spacial score (nSPS) is 24.4. The third-order valence-electron chi connectivity index (χ3n) is 5.31. The SMILES string of the molecule is Cc1cc(C2(C(F)(F)F)C[N+](CC(F)(F)F)(c3ccc(C(=O)O)cc3)CO2)ccc1F. The number of alkyl halides is 6. The molecule has 0 amide bonds. The molecule has 1 fully saturated rings. The maximum Gasteiger partial charge on any atom is 0.438 e. The maximum atomic E-state index is 14.2. The number of benzene rings is 2. The molecule has 0 bridgehead atoms. The molecule has 0 aliphatic carbocycles. The molecule has 2 aromatic carbocycles. The van der Waals surface area contributed by atoms with Gasteiger partial charge in [0.05, 0.1) is 5.56 Å². The summed E-state index contributed by atoms with van der Waals surface area (Å²) < 4.78 is 100. The van der Waals surface area contributed by atoms with Crippen molar-refractivity contribution in [2.24, 2.45) is 0 Å². The lowest BCUT2D eigenvalue weighted by molar-refractivity contribution is -0.264. The van der Waals surface area contributed by atoms with Gasteiger partial charge in [0.1, 0.15) is 18.0 Å². The zero-order chi connectivity index (χ0) is 23.2. The molecule has 0 aromatic heterocycles. The number of nitrogens with zero attached hydrogens (tertiary/aromatic N) is 1. The number of aryl methyl sites for hydroxylation is 1. The Hall–Kier alpha value is -2.66. The molecule has 1 saturated heterocycles. The van der Waals surface area contributed by atoms with Crippen LogP contribution in [0.25, 0.3) is 0 Å². The van der Waals surface area contributed by atoms with Gasteiger partial charge in [-0.2, -0.15) is 26.3 Å². The van der Waals surface area contributed by atoms with Crippen molar-refractivity contribution in [2.75, 3.05) is 19.8 Å². The minimum Gasteiger partial charge on any atom is -0.478 e. The summed E-state index contributed by atoms with van der Waals surface area (Å²) in [6, 6.07) is 6.68. The first-order chi connectivity index (χ1) is 14.2. The van der Waals surface area contributed by atoms with E-state index in [4.69, 9.17) is 9.84 Å². The lowest BCUT2D eigenvalue weighted by atomic mass is 9.90. The van der Waals surface area contributed by atoms with Crippen molar-refractivity contribution >= 4 is 11.7 Å². The van der Waals surface area contributed by atoms with Gasteiger partial charge >= 0.3 is 18.3 Å². The first-order valence-corrected chi connectivity index (χ1v) is 8.93. The molecular weight excluding hydrogens is 435 g/mol. The molecule has 0 saturated carbocycles. The van der Waals surface area contributed by atoms with Crippen molar-refractivity contribution < 1.29 is 45.4 Å². The fraction of sp³-hybridized carbons (Fsp3) is 0.350. The van der Waals surface area contributed by atoms with Crippen molar-refractivity contribution in [1.82, 2.24) is 4.48 Å². The summed E-state index contributed by atoms with van der Waals surface area (Å²) in [4.78, 5) is 11.0. The molecule has 168 valence electrons. The van der Waals surface area contributed by atoms with Gasteiger partial charge < -0.3 is 9.84 Å². The zero-order valence-electron chi connectivity index (χ0n) is 16.0. The second kappa shape index (κ2) is 7.49. The van der Waals surface area contributed by atoms with Gasteiger partial charge in [0.25, 0.3) is 0 Å². The van der Waals surface area contributed by atoms with Gasteiger partial charge in [-0.25, -0.2) is 9.18 Å². The predicted molar refractivity (Wildman–Crippen MR) is 95.8 cm³/mol. The topological polar surface area (TPSA) is 46.5 Å². The number of carboxylic acid groups (broad SMARTS) is 1. The first-order valence-electron chi connectivity index (χ1n) is 8.93. The lowest BCUT2D eigenvalue weighted by Crippen LogP contribution is -2.56. The molecule has 3 rings (SSSR count). The Labute approximate surface area is 172 Å². The Morgan fingerprint density at radius 3 is 2.19 bits per heavy atom. The molecule has 2 aromatic rings. The highest BCUT2D eigenvalue weighted by atomic mass is 19.4. The van der Waals surface area contributed by atoms with Crippen LogP contribution in [0.2, 0.25) is 0 Å². The Morgan fingerprint density at radius 1 is 1.10 bits per heavy atom. The number of hydrogen-bond donors (Lipinski definition) is 1. The Bertz CT molecular complexity index is 988. The van der Waals surface area contributed by atoms with Crippen molar-refractivity contribution in [3.05, 3.63) is 65.0 Å². The van der Waals surface area contributed by atoms with Crippen molar-refractivity contribution in [3.63, 3.8) is 0 Å². The van der Waals surface area contributed by atoms with E-state index in [1.165, 1.54) is 6.92 Å². The van der Waals surface area contributed by atoms with Crippen LogP contribution in [0.4, 0.5) is 36.4 Å². The average molecular weight is 452 g/mol. The lowest BCUT2D eigenvalue weighted by Gasteiger charge is -2.35. The zero-order valence-corrected chi connectivity index (χ0v) is 16.0. The van der Waals surface area contributed by atoms with Gasteiger partial charge in [-0.1, -0.05) is 6.07 Å². The number of hydrogen-bond acceptors (Lipinski definition) is 2. The molecule has 31 heavy (non-hydrogen) atoms. The molecule has 11 heteroatoms. The van der Waals surface area contributed by atoms with Crippen LogP contribution in [0.15, 0.2) is 42.5 Å². The van der Waals surface area contributed by atoms with Gasteiger partial charge in [-0.15, -0.1) is 0 Å². The van der Waals surface area contributed by atoms with Gasteiger partial charge in [0, 0.05) is 12.1 Å². The van der Waals surface area contributed by atoms with Crippen LogP contribution in [0.3, 0.4) is 0 Å². The van der Waals surface area contributed by atoms with E-state index in [1.54, 1.807) is 0 Å². The minimum absolute atomic E-state index is 0.114. The maximum absolute atomic E-state index is 14.2. The Balaban J connectivity index is 2.15. The van der Waals surface area contributed by atoms with Crippen LogP contribution < -0.4 is 4.48 Å². The highest BCUT2D eigenvalue weighted by Crippen LogP contribution is 2.50. The first kappa shape index (κ1) is 23.0. The number of ether oxygens (including phenoxy) is 1. The van der Waals surface area contributed by atoms with E-state index in [1.807, 2.05) is 0 Å². The molecule has 0 radical (unpaired) electrons. The molecule has 1 aliphatic heterocycles. The highest BCUT2D eigenvalue weighted by Gasteiger charge is 2.68. The third kappa shape index (κ3) is 4.24. The molecule has 1 heterocycles. The summed E-state index contributed by atoms with van der Waals surface area (Å²) in [5.41, 5.74) is -4.15. The summed E-state index contributed by atoms with van der Waals surface area (Å²) in [5.74, 6) is -2.10. The summed E-state index contributed by atoms with van der Waals surface area (Å²) in [7, 11) is 0. The molecule has 4 nitrogen and oxygen atoms in total. The van der Waals surface area contributed by atoms with Crippen LogP contribution >= 0.6 is 0 Å². The van der Waals surface area contributed by atoms with E-state index >= 15 is 0 Å². The number of aromatic carboxylic acids is 1. The molecule has 2 atom stereocenters. The Morgan fingerprint density at radius 2 is 1.71 bits per heavy atom. The molecule has 1 N–H and O–H groups in total. The van der Waals surface area contributed by atoms with E-state index < -0.39 is 59.6 Å². The van der Waals surface area contributed by atoms with E-state index in [2.05, 4.69) is 0 Å². The summed E-state index contributed by atoms with van der Waals surface area (Å²) in [6.45, 7) is -2.56. The van der Waals surface area contributed by atoms with E-state index in [0.717, 1.165) is 42.5 Å². The average Bonchev–Trinajstić information content (AvgIpc) is 3.04. The van der Waals surface area contributed by atoms with Crippen molar-refractivity contribution in [1.29, 1.82) is 0 Å². The van der Waals surface area contributed by atoms with Crippen LogP contribution in [-0.4, -0.2) is 43.2 Å². The fourth-order valence-electron chi connectivity index (χ4n) is 3.78. The van der Waals surface area contributed by atoms with Gasteiger partial charge in [0.2, 0.25) is 5.60 Å². The Kier molecular flexibility index (Phi) is 5.56.